The molecular weight excluding hydrogens is 256 g/mol. The summed E-state index contributed by atoms with van der Waals surface area (Å²) in [6.07, 6.45) is 0. The predicted molar refractivity (Wildman–Crippen MR) is 80.8 cm³/mol. The van der Waals surface area contributed by atoms with Gasteiger partial charge in [-0.3, -0.25) is 4.90 Å². The first-order valence-electron chi connectivity index (χ1n) is 6.91. The van der Waals surface area contributed by atoms with Gasteiger partial charge in [0.15, 0.2) is 11.5 Å². The Morgan fingerprint density at radius 1 is 1.00 bits per heavy atom. The first-order chi connectivity index (χ1) is 9.68. The molecule has 0 heterocycles. The van der Waals surface area contributed by atoms with Gasteiger partial charge in [-0.05, 0) is 25.2 Å². The molecule has 1 unspecified atom stereocenters. The van der Waals surface area contributed by atoms with Crippen LogP contribution in [0.25, 0.3) is 0 Å². The van der Waals surface area contributed by atoms with E-state index in [1.54, 1.807) is 21.3 Å². The first-order valence-corrected chi connectivity index (χ1v) is 6.91. The third kappa shape index (κ3) is 3.16. The second-order valence-corrected chi connectivity index (χ2v) is 4.40. The minimum atomic E-state index is 0.0970. The Morgan fingerprint density at radius 2 is 1.60 bits per heavy atom. The molecule has 0 aliphatic carbocycles. The largest absolute Gasteiger partial charge is 0.493 e. The molecule has 0 spiro atoms. The summed E-state index contributed by atoms with van der Waals surface area (Å²) < 4.78 is 16.3. The number of ether oxygens (including phenoxy) is 3. The quantitative estimate of drug-likeness (QED) is 0.791. The minimum Gasteiger partial charge on any atom is -0.493 e. The maximum absolute atomic E-state index is 5.97. The number of methoxy groups -OCH3 is 3. The van der Waals surface area contributed by atoms with Gasteiger partial charge in [0.1, 0.15) is 0 Å². The van der Waals surface area contributed by atoms with Crippen molar-refractivity contribution in [3.8, 4) is 17.2 Å². The lowest BCUT2D eigenvalue weighted by Crippen LogP contribution is -2.33. The summed E-state index contributed by atoms with van der Waals surface area (Å²) in [7, 11) is 4.86. The minimum absolute atomic E-state index is 0.0970. The Labute approximate surface area is 121 Å². The Hall–Kier alpha value is -1.46. The highest BCUT2D eigenvalue weighted by molar-refractivity contribution is 5.56. The van der Waals surface area contributed by atoms with Crippen molar-refractivity contribution in [3.05, 3.63) is 17.7 Å². The van der Waals surface area contributed by atoms with E-state index >= 15 is 0 Å². The zero-order valence-electron chi connectivity index (χ0n) is 13.1. The van der Waals surface area contributed by atoms with Gasteiger partial charge in [0.2, 0.25) is 5.75 Å². The molecule has 1 rings (SSSR count). The molecule has 0 radical (unpaired) electrons. The van der Waals surface area contributed by atoms with Crippen LogP contribution in [0.1, 0.15) is 25.5 Å². The Bertz CT molecular complexity index is 420. The second kappa shape index (κ2) is 7.97. The fourth-order valence-corrected chi connectivity index (χ4v) is 2.52. The van der Waals surface area contributed by atoms with Gasteiger partial charge < -0.3 is 19.9 Å². The van der Waals surface area contributed by atoms with Gasteiger partial charge in [0.05, 0.1) is 27.4 Å². The first kappa shape index (κ1) is 16.6. The Kier molecular flexibility index (Phi) is 6.61. The standard InChI is InChI=1S/C15H26N2O3/c1-6-17(7-2)12(10-16)11-8-9-13(18-3)15(20-5)14(11)19-4/h8-9,12H,6-7,10,16H2,1-5H3. The summed E-state index contributed by atoms with van der Waals surface area (Å²) in [5, 5.41) is 0. The number of benzene rings is 1. The highest BCUT2D eigenvalue weighted by Gasteiger charge is 2.24. The molecule has 0 fully saturated rings. The van der Waals surface area contributed by atoms with E-state index in [9.17, 15) is 0 Å². The number of hydrogen-bond acceptors (Lipinski definition) is 5. The van der Waals surface area contributed by atoms with E-state index < -0.39 is 0 Å². The van der Waals surface area contributed by atoms with Crippen molar-refractivity contribution in [1.29, 1.82) is 0 Å². The molecule has 0 amide bonds. The lowest BCUT2D eigenvalue weighted by atomic mass is 10.0. The van der Waals surface area contributed by atoms with Crippen molar-refractivity contribution in [1.82, 2.24) is 4.90 Å². The van der Waals surface area contributed by atoms with Gasteiger partial charge in [-0.25, -0.2) is 0 Å². The summed E-state index contributed by atoms with van der Waals surface area (Å²) in [5.74, 6) is 1.95. The van der Waals surface area contributed by atoms with E-state index in [2.05, 4.69) is 18.7 Å². The Morgan fingerprint density at radius 3 is 2.00 bits per heavy atom. The molecule has 0 bridgehead atoms. The monoisotopic (exact) mass is 282 g/mol. The average molecular weight is 282 g/mol. The molecule has 114 valence electrons. The highest BCUT2D eigenvalue weighted by atomic mass is 16.5. The van der Waals surface area contributed by atoms with Crippen molar-refractivity contribution in [3.63, 3.8) is 0 Å². The number of likely N-dealkylation sites (N-methyl/N-ethyl adjacent to an activating group) is 1. The number of nitrogens with zero attached hydrogens (tertiary/aromatic N) is 1. The third-order valence-electron chi connectivity index (χ3n) is 3.57. The van der Waals surface area contributed by atoms with Crippen molar-refractivity contribution in [2.75, 3.05) is 41.0 Å². The zero-order valence-corrected chi connectivity index (χ0v) is 13.1. The molecular formula is C15H26N2O3. The molecule has 5 nitrogen and oxygen atoms in total. The van der Waals surface area contributed by atoms with Crippen LogP contribution < -0.4 is 19.9 Å². The van der Waals surface area contributed by atoms with E-state index in [4.69, 9.17) is 19.9 Å². The lowest BCUT2D eigenvalue weighted by molar-refractivity contribution is 0.217. The number of hydrogen-bond donors (Lipinski definition) is 1. The molecule has 2 N–H and O–H groups in total. The van der Waals surface area contributed by atoms with E-state index in [1.807, 2.05) is 12.1 Å². The molecule has 1 atom stereocenters. The zero-order chi connectivity index (χ0) is 15.1. The molecule has 1 aromatic carbocycles. The third-order valence-corrected chi connectivity index (χ3v) is 3.57. The molecule has 1 aromatic rings. The topological polar surface area (TPSA) is 57.0 Å². The van der Waals surface area contributed by atoms with Crippen molar-refractivity contribution in [2.45, 2.75) is 19.9 Å². The van der Waals surface area contributed by atoms with E-state index in [-0.39, 0.29) is 6.04 Å². The molecule has 5 heteroatoms. The molecule has 20 heavy (non-hydrogen) atoms. The molecule has 0 aliphatic heterocycles. The van der Waals surface area contributed by atoms with Crippen LogP contribution in [-0.2, 0) is 0 Å². The summed E-state index contributed by atoms with van der Waals surface area (Å²) in [4.78, 5) is 2.30. The predicted octanol–water partition coefficient (Wildman–Crippen LogP) is 2.05. The van der Waals surface area contributed by atoms with Crippen molar-refractivity contribution >= 4 is 0 Å². The second-order valence-electron chi connectivity index (χ2n) is 4.40. The molecule has 0 saturated heterocycles. The number of rotatable bonds is 8. The van der Waals surface area contributed by atoms with Gasteiger partial charge in [-0.1, -0.05) is 13.8 Å². The van der Waals surface area contributed by atoms with Crippen molar-refractivity contribution < 1.29 is 14.2 Å². The van der Waals surface area contributed by atoms with Crippen LogP contribution in [-0.4, -0.2) is 45.9 Å². The van der Waals surface area contributed by atoms with Crippen molar-refractivity contribution in [2.24, 2.45) is 5.73 Å². The summed E-state index contributed by atoms with van der Waals surface area (Å²) in [5.41, 5.74) is 7.00. The smallest absolute Gasteiger partial charge is 0.203 e. The van der Waals surface area contributed by atoms with Crippen LogP contribution in [0.3, 0.4) is 0 Å². The fourth-order valence-electron chi connectivity index (χ4n) is 2.52. The fraction of sp³-hybridized carbons (Fsp3) is 0.600. The van der Waals surface area contributed by atoms with Crippen LogP contribution in [0.15, 0.2) is 12.1 Å². The number of nitrogens with two attached hydrogens (primary N) is 1. The molecule has 0 aliphatic rings. The molecule has 0 saturated carbocycles. The summed E-state index contributed by atoms with van der Waals surface area (Å²) in [6, 6.07) is 3.98. The van der Waals surface area contributed by atoms with Gasteiger partial charge in [-0.15, -0.1) is 0 Å². The van der Waals surface area contributed by atoms with Crippen LogP contribution >= 0.6 is 0 Å². The van der Waals surface area contributed by atoms with E-state index in [0.717, 1.165) is 18.7 Å². The van der Waals surface area contributed by atoms with E-state index in [0.29, 0.717) is 23.8 Å². The maximum atomic E-state index is 5.97. The van der Waals surface area contributed by atoms with Gasteiger partial charge in [0, 0.05) is 12.1 Å². The van der Waals surface area contributed by atoms with Crippen LogP contribution in [0.2, 0.25) is 0 Å². The average Bonchev–Trinajstić information content (AvgIpc) is 2.50. The van der Waals surface area contributed by atoms with Crippen LogP contribution in [0.5, 0.6) is 17.2 Å². The van der Waals surface area contributed by atoms with E-state index in [1.165, 1.54) is 0 Å². The highest BCUT2D eigenvalue weighted by Crippen LogP contribution is 2.43. The normalized spacial score (nSPS) is 12.3. The summed E-state index contributed by atoms with van der Waals surface area (Å²) >= 11 is 0. The van der Waals surface area contributed by atoms with Crippen LogP contribution in [0, 0.1) is 0 Å². The van der Waals surface area contributed by atoms with Gasteiger partial charge >= 0.3 is 0 Å². The lowest BCUT2D eigenvalue weighted by Gasteiger charge is -2.30. The molecule has 0 aromatic heterocycles. The van der Waals surface area contributed by atoms with Crippen LogP contribution in [0.4, 0.5) is 0 Å². The SMILES string of the molecule is CCN(CC)C(CN)c1ccc(OC)c(OC)c1OC. The van der Waals surface area contributed by atoms with Gasteiger partial charge in [0.25, 0.3) is 0 Å². The Balaban J connectivity index is 3.35. The van der Waals surface area contributed by atoms with Gasteiger partial charge in [-0.2, -0.15) is 0 Å². The summed E-state index contributed by atoms with van der Waals surface area (Å²) in [6.45, 7) is 6.62. The maximum Gasteiger partial charge on any atom is 0.203 e.